The number of aryl methyl sites for hydroxylation is 2. The van der Waals surface area contributed by atoms with E-state index in [0.717, 1.165) is 29.8 Å². The second-order valence-electron chi connectivity index (χ2n) is 7.50. The van der Waals surface area contributed by atoms with E-state index in [1.165, 1.54) is 10.6 Å². The zero-order valence-electron chi connectivity index (χ0n) is 16.9. The molecule has 0 fully saturated rings. The van der Waals surface area contributed by atoms with Crippen LogP contribution in [0.3, 0.4) is 0 Å². The summed E-state index contributed by atoms with van der Waals surface area (Å²) >= 11 is 0. The van der Waals surface area contributed by atoms with Gasteiger partial charge in [0.15, 0.2) is 0 Å². The average Bonchev–Trinajstić information content (AvgIpc) is 3.16. The number of carbonyl (C=O) groups excluding carboxylic acids is 1. The summed E-state index contributed by atoms with van der Waals surface area (Å²) in [6, 6.07) is 14.5. The van der Waals surface area contributed by atoms with Gasteiger partial charge >= 0.3 is 0 Å². The first kappa shape index (κ1) is 20.2. The highest BCUT2D eigenvalue weighted by Gasteiger charge is 2.26. The number of sulfonamides is 1. The minimum absolute atomic E-state index is 0.230. The van der Waals surface area contributed by atoms with Gasteiger partial charge in [0.1, 0.15) is 11.9 Å². The lowest BCUT2D eigenvalue weighted by molar-refractivity contribution is 0.0941. The zero-order valence-corrected chi connectivity index (χ0v) is 17.8. The van der Waals surface area contributed by atoms with Crippen LogP contribution in [-0.4, -0.2) is 36.7 Å². The molecule has 0 saturated carbocycles. The number of anilines is 1. The fourth-order valence-corrected chi connectivity index (χ4v) is 4.86. The fourth-order valence-electron chi connectivity index (χ4n) is 3.86. The summed E-state index contributed by atoms with van der Waals surface area (Å²) in [5.41, 5.74) is 2.96. The smallest absolute Gasteiger partial charge is 0.252 e. The quantitative estimate of drug-likeness (QED) is 0.682. The Morgan fingerprint density at radius 1 is 1.17 bits per heavy atom. The summed E-state index contributed by atoms with van der Waals surface area (Å²) < 4.78 is 27.4. The third-order valence-electron chi connectivity index (χ3n) is 5.34. The largest absolute Gasteiger partial charge is 0.338 e. The number of imidazole rings is 1. The van der Waals surface area contributed by atoms with E-state index in [2.05, 4.69) is 10.3 Å². The van der Waals surface area contributed by atoms with Crippen LogP contribution in [-0.2, 0) is 23.5 Å². The van der Waals surface area contributed by atoms with Crippen LogP contribution in [0.4, 0.5) is 5.69 Å². The number of carbonyl (C=O) groups is 1. The Morgan fingerprint density at radius 2 is 1.93 bits per heavy atom. The van der Waals surface area contributed by atoms with E-state index in [9.17, 15) is 13.2 Å². The Kier molecular flexibility index (Phi) is 5.34. The lowest BCUT2D eigenvalue weighted by Gasteiger charge is -2.29. The summed E-state index contributed by atoms with van der Waals surface area (Å²) in [6.07, 6.45) is 6.22. The van der Waals surface area contributed by atoms with Gasteiger partial charge in [-0.2, -0.15) is 0 Å². The second kappa shape index (κ2) is 7.95. The molecule has 1 aliphatic rings. The van der Waals surface area contributed by atoms with Crippen molar-refractivity contribution < 1.29 is 13.2 Å². The van der Waals surface area contributed by atoms with E-state index < -0.39 is 16.1 Å². The molecule has 1 aromatic heterocycles. The van der Waals surface area contributed by atoms with Crippen molar-refractivity contribution in [1.29, 1.82) is 0 Å². The highest BCUT2D eigenvalue weighted by atomic mass is 32.2. The van der Waals surface area contributed by atoms with E-state index in [1.54, 1.807) is 24.4 Å². The van der Waals surface area contributed by atoms with E-state index >= 15 is 0 Å². The van der Waals surface area contributed by atoms with Crippen molar-refractivity contribution in [2.75, 3.05) is 17.1 Å². The predicted molar refractivity (Wildman–Crippen MR) is 116 cm³/mol. The zero-order chi connectivity index (χ0) is 21.3. The maximum Gasteiger partial charge on any atom is 0.252 e. The van der Waals surface area contributed by atoms with Crippen molar-refractivity contribution in [3.63, 3.8) is 0 Å². The number of nitrogens with one attached hydrogen (secondary N) is 1. The Balaban J connectivity index is 1.65. The topological polar surface area (TPSA) is 84.3 Å². The van der Waals surface area contributed by atoms with Gasteiger partial charge in [-0.25, -0.2) is 13.4 Å². The molecular weight excluding hydrogens is 400 g/mol. The van der Waals surface area contributed by atoms with Gasteiger partial charge in [0.2, 0.25) is 10.0 Å². The molecule has 1 N–H and O–H groups in total. The lowest BCUT2D eigenvalue weighted by atomic mass is 10.00. The number of nitrogens with zero attached hydrogens (tertiary/aromatic N) is 3. The van der Waals surface area contributed by atoms with Crippen LogP contribution in [0, 0.1) is 0 Å². The molecule has 1 aliphatic heterocycles. The van der Waals surface area contributed by atoms with Gasteiger partial charge in [-0.05, 0) is 42.2 Å². The molecule has 4 rings (SSSR count). The van der Waals surface area contributed by atoms with E-state index in [1.807, 2.05) is 48.1 Å². The van der Waals surface area contributed by atoms with E-state index in [4.69, 9.17) is 0 Å². The van der Waals surface area contributed by atoms with Crippen molar-refractivity contribution in [2.45, 2.75) is 18.9 Å². The Hall–Kier alpha value is -3.13. The van der Waals surface area contributed by atoms with Crippen molar-refractivity contribution in [3.05, 3.63) is 83.4 Å². The van der Waals surface area contributed by atoms with Crippen LogP contribution in [0.25, 0.3) is 0 Å². The van der Waals surface area contributed by atoms with Gasteiger partial charge < -0.3 is 9.88 Å². The first-order valence-electron chi connectivity index (χ1n) is 9.78. The van der Waals surface area contributed by atoms with Crippen molar-refractivity contribution in [3.8, 4) is 0 Å². The van der Waals surface area contributed by atoms with Gasteiger partial charge in [-0.15, -0.1) is 0 Å². The molecule has 156 valence electrons. The molecule has 3 aromatic rings. The van der Waals surface area contributed by atoms with Crippen LogP contribution >= 0.6 is 0 Å². The Labute approximate surface area is 176 Å². The highest BCUT2D eigenvalue weighted by molar-refractivity contribution is 7.92. The number of hydrogen-bond donors (Lipinski definition) is 1. The first-order chi connectivity index (χ1) is 14.3. The number of aromatic nitrogens is 2. The molecule has 2 aromatic carbocycles. The minimum Gasteiger partial charge on any atom is -0.338 e. The molecule has 0 saturated heterocycles. The number of fused-ring (bicyclic) bond motifs is 1. The fraction of sp³-hybridized carbons (Fsp3) is 0.273. The van der Waals surface area contributed by atoms with Gasteiger partial charge in [-0.1, -0.05) is 30.3 Å². The highest BCUT2D eigenvalue weighted by Crippen LogP contribution is 2.30. The molecule has 0 radical (unpaired) electrons. The van der Waals surface area contributed by atoms with Crippen LogP contribution in [0.1, 0.15) is 39.8 Å². The van der Waals surface area contributed by atoms with Gasteiger partial charge in [0.25, 0.3) is 5.91 Å². The molecule has 0 spiro atoms. The average molecular weight is 425 g/mol. The number of rotatable bonds is 5. The summed E-state index contributed by atoms with van der Waals surface area (Å²) in [4.78, 5) is 17.5. The van der Waals surface area contributed by atoms with Gasteiger partial charge in [0.05, 0.1) is 11.9 Å². The maximum absolute atomic E-state index is 13.1. The second-order valence-corrected chi connectivity index (χ2v) is 9.40. The predicted octanol–water partition coefficient (Wildman–Crippen LogP) is 2.65. The monoisotopic (exact) mass is 424 g/mol. The Morgan fingerprint density at radius 3 is 2.60 bits per heavy atom. The third-order valence-corrected chi connectivity index (χ3v) is 6.52. The van der Waals surface area contributed by atoms with Crippen molar-refractivity contribution in [1.82, 2.24) is 14.9 Å². The minimum atomic E-state index is -3.34. The van der Waals surface area contributed by atoms with Crippen LogP contribution in [0.2, 0.25) is 0 Å². The molecule has 30 heavy (non-hydrogen) atoms. The summed E-state index contributed by atoms with van der Waals surface area (Å²) in [7, 11) is -1.45. The molecule has 7 nitrogen and oxygen atoms in total. The maximum atomic E-state index is 13.1. The van der Waals surface area contributed by atoms with Gasteiger partial charge in [0, 0.05) is 31.5 Å². The van der Waals surface area contributed by atoms with E-state index in [-0.39, 0.29) is 5.91 Å². The molecular formula is C22H24N4O3S. The van der Waals surface area contributed by atoms with E-state index in [0.29, 0.717) is 17.8 Å². The molecule has 1 atom stereocenters. The first-order valence-corrected chi connectivity index (χ1v) is 11.6. The van der Waals surface area contributed by atoms with Crippen molar-refractivity contribution in [2.24, 2.45) is 7.05 Å². The molecule has 1 amide bonds. The van der Waals surface area contributed by atoms with Crippen LogP contribution < -0.4 is 9.62 Å². The lowest BCUT2D eigenvalue weighted by Crippen LogP contribution is -2.35. The molecule has 0 aliphatic carbocycles. The standard InChI is InChI=1S/C22H24N4O3S/c1-25-14-12-23-21(25)20(16-7-4-3-5-8-16)24-22(27)18-10-11-19-17(15-18)9-6-13-26(19)30(2,28)29/h3-5,7-8,10-12,14-15,20H,6,9,13H2,1-2H3,(H,24,27). The normalized spacial score (nSPS) is 14.8. The third kappa shape index (κ3) is 3.95. The number of hydrogen-bond acceptors (Lipinski definition) is 4. The number of amides is 1. The Bertz CT molecular complexity index is 1170. The molecule has 0 bridgehead atoms. The van der Waals surface area contributed by atoms with Crippen molar-refractivity contribution >= 4 is 21.6 Å². The summed E-state index contributed by atoms with van der Waals surface area (Å²) in [6.45, 7) is 0.465. The number of benzene rings is 2. The molecule has 1 unspecified atom stereocenters. The molecule has 2 heterocycles. The van der Waals surface area contributed by atoms with Crippen LogP contribution in [0.5, 0.6) is 0 Å². The summed E-state index contributed by atoms with van der Waals surface area (Å²) in [5.74, 6) is 0.502. The molecule has 8 heteroatoms. The summed E-state index contributed by atoms with van der Waals surface area (Å²) in [5, 5.41) is 3.09. The van der Waals surface area contributed by atoms with Gasteiger partial charge in [-0.3, -0.25) is 9.10 Å². The SMILES string of the molecule is Cn1ccnc1C(NC(=O)c1ccc2c(c1)CCCN2S(C)(=O)=O)c1ccccc1. The van der Waals surface area contributed by atoms with Crippen LogP contribution in [0.15, 0.2) is 60.9 Å².